The highest BCUT2D eigenvalue weighted by atomic mass is 16.2. The third kappa shape index (κ3) is 3.41. The first kappa shape index (κ1) is 17.2. The molecule has 134 valence electrons. The maximum absolute atomic E-state index is 12.9. The van der Waals surface area contributed by atoms with Gasteiger partial charge in [0.25, 0.3) is 5.91 Å². The molecule has 1 atom stereocenters. The number of nitrogens with one attached hydrogen (secondary N) is 2. The number of urea groups is 1. The fourth-order valence-corrected chi connectivity index (χ4v) is 4.19. The summed E-state index contributed by atoms with van der Waals surface area (Å²) in [7, 11) is 0. The number of hydrogen-bond donors (Lipinski definition) is 2. The molecule has 0 aromatic heterocycles. The van der Waals surface area contributed by atoms with Crippen LogP contribution in [0.15, 0.2) is 0 Å². The van der Waals surface area contributed by atoms with Gasteiger partial charge < -0.3 is 10.6 Å². The minimum absolute atomic E-state index is 0.0351. The van der Waals surface area contributed by atoms with E-state index < -0.39 is 5.54 Å². The van der Waals surface area contributed by atoms with Gasteiger partial charge in [-0.05, 0) is 51.0 Å². The summed E-state index contributed by atoms with van der Waals surface area (Å²) in [5, 5.41) is 5.90. The van der Waals surface area contributed by atoms with Crippen molar-refractivity contribution in [3.8, 4) is 0 Å². The zero-order chi connectivity index (χ0) is 17.3. The maximum atomic E-state index is 12.9. The molecule has 0 aromatic carbocycles. The zero-order valence-corrected chi connectivity index (χ0v) is 14.6. The van der Waals surface area contributed by atoms with Gasteiger partial charge in [0.2, 0.25) is 5.91 Å². The van der Waals surface area contributed by atoms with E-state index in [1.165, 1.54) is 11.8 Å². The molecule has 1 aliphatic carbocycles. The predicted octanol–water partition coefficient (Wildman–Crippen LogP) is 1.05. The van der Waals surface area contributed by atoms with Gasteiger partial charge in [-0.15, -0.1) is 0 Å². The molecule has 1 unspecified atom stereocenters. The number of rotatable bonds is 3. The molecule has 4 amide bonds. The quantitative estimate of drug-likeness (QED) is 0.755. The smallest absolute Gasteiger partial charge is 0.326 e. The molecule has 1 saturated carbocycles. The van der Waals surface area contributed by atoms with E-state index >= 15 is 0 Å². The van der Waals surface area contributed by atoms with E-state index in [-0.39, 0.29) is 23.9 Å². The summed E-state index contributed by atoms with van der Waals surface area (Å²) in [6, 6.07) is -0.169. The third-order valence-electron chi connectivity index (χ3n) is 5.63. The van der Waals surface area contributed by atoms with Crippen molar-refractivity contribution in [2.75, 3.05) is 19.8 Å². The summed E-state index contributed by atoms with van der Waals surface area (Å²) >= 11 is 0. The van der Waals surface area contributed by atoms with Gasteiger partial charge in [-0.25, -0.2) is 9.69 Å². The van der Waals surface area contributed by atoms with Crippen molar-refractivity contribution in [2.45, 2.75) is 64.0 Å². The largest absolute Gasteiger partial charge is 0.352 e. The number of imide groups is 1. The molecular weight excluding hydrogens is 308 g/mol. The number of nitrogens with zero attached hydrogens (tertiary/aromatic N) is 2. The van der Waals surface area contributed by atoms with Crippen molar-refractivity contribution in [1.82, 2.24) is 20.4 Å². The van der Waals surface area contributed by atoms with E-state index in [9.17, 15) is 14.4 Å². The van der Waals surface area contributed by atoms with Crippen LogP contribution in [0.2, 0.25) is 0 Å². The lowest BCUT2D eigenvalue weighted by Crippen LogP contribution is -2.52. The number of amides is 4. The van der Waals surface area contributed by atoms with E-state index in [1.807, 2.05) is 0 Å². The van der Waals surface area contributed by atoms with E-state index in [0.29, 0.717) is 19.1 Å². The van der Waals surface area contributed by atoms with Crippen LogP contribution in [0.3, 0.4) is 0 Å². The summed E-state index contributed by atoms with van der Waals surface area (Å²) in [6.07, 6.45) is 5.34. The average molecular weight is 336 g/mol. The normalized spacial score (nSPS) is 34.5. The van der Waals surface area contributed by atoms with Crippen LogP contribution in [0.4, 0.5) is 4.79 Å². The number of likely N-dealkylation sites (tertiary alicyclic amines) is 1. The predicted molar refractivity (Wildman–Crippen MR) is 89.0 cm³/mol. The fourth-order valence-electron chi connectivity index (χ4n) is 4.19. The Morgan fingerprint density at radius 2 is 2.00 bits per heavy atom. The summed E-state index contributed by atoms with van der Waals surface area (Å²) in [4.78, 5) is 39.9. The van der Waals surface area contributed by atoms with E-state index in [2.05, 4.69) is 22.5 Å². The summed E-state index contributed by atoms with van der Waals surface area (Å²) in [6.45, 7) is 5.56. The molecule has 0 radical (unpaired) electrons. The molecule has 3 rings (SSSR count). The third-order valence-corrected chi connectivity index (χ3v) is 5.63. The van der Waals surface area contributed by atoms with Crippen LogP contribution < -0.4 is 10.6 Å². The first-order chi connectivity index (χ1) is 11.4. The van der Waals surface area contributed by atoms with E-state index in [4.69, 9.17) is 0 Å². The van der Waals surface area contributed by atoms with Gasteiger partial charge in [0, 0.05) is 19.5 Å². The van der Waals surface area contributed by atoms with Gasteiger partial charge in [-0.2, -0.15) is 0 Å². The van der Waals surface area contributed by atoms with E-state index in [1.54, 1.807) is 0 Å². The van der Waals surface area contributed by atoms with Crippen LogP contribution in [0.5, 0.6) is 0 Å². The van der Waals surface area contributed by atoms with Crippen LogP contribution in [0.25, 0.3) is 0 Å². The monoisotopic (exact) mass is 336 g/mol. The molecule has 1 spiro atoms. The Morgan fingerprint density at radius 1 is 1.29 bits per heavy atom. The Hall–Kier alpha value is -1.63. The Bertz CT molecular complexity index is 528. The highest BCUT2D eigenvalue weighted by Gasteiger charge is 2.52. The molecule has 2 aliphatic heterocycles. The van der Waals surface area contributed by atoms with Gasteiger partial charge in [-0.3, -0.25) is 14.5 Å². The first-order valence-electron chi connectivity index (χ1n) is 9.03. The second-order valence-electron chi connectivity index (χ2n) is 7.69. The summed E-state index contributed by atoms with van der Waals surface area (Å²) in [5.74, 6) is 0.517. The standard InChI is InChI=1S/C17H28N4O3/c1-12-5-7-17(8-6-12)15(23)21(16(24)19-17)11-20-9-3-4-14(10-20)18-13(2)22/h12,14H,3-11H2,1-2H3,(H,18,22)(H,19,24). The molecule has 7 nitrogen and oxygen atoms in total. The Balaban J connectivity index is 1.61. The van der Waals surface area contributed by atoms with Crippen molar-refractivity contribution in [2.24, 2.45) is 5.92 Å². The zero-order valence-electron chi connectivity index (χ0n) is 14.6. The number of carbonyl (C=O) groups excluding carboxylic acids is 3. The topological polar surface area (TPSA) is 81.8 Å². The van der Waals surface area contributed by atoms with Gasteiger partial charge in [-0.1, -0.05) is 6.92 Å². The number of carbonyl (C=O) groups is 3. The number of hydrogen-bond acceptors (Lipinski definition) is 4. The fraction of sp³-hybridized carbons (Fsp3) is 0.824. The van der Waals surface area contributed by atoms with Crippen LogP contribution in [0, 0.1) is 5.92 Å². The molecule has 7 heteroatoms. The average Bonchev–Trinajstić information content (AvgIpc) is 2.75. The van der Waals surface area contributed by atoms with Crippen molar-refractivity contribution >= 4 is 17.8 Å². The molecule has 0 bridgehead atoms. The molecule has 2 saturated heterocycles. The summed E-state index contributed by atoms with van der Waals surface area (Å²) < 4.78 is 0. The minimum Gasteiger partial charge on any atom is -0.352 e. The van der Waals surface area contributed by atoms with E-state index in [0.717, 1.165) is 45.1 Å². The molecular formula is C17H28N4O3. The van der Waals surface area contributed by atoms with Crippen LogP contribution in [-0.4, -0.2) is 59.0 Å². The molecule has 3 fully saturated rings. The van der Waals surface area contributed by atoms with Gasteiger partial charge in [0.1, 0.15) is 5.54 Å². The first-order valence-corrected chi connectivity index (χ1v) is 9.03. The van der Waals surface area contributed by atoms with Gasteiger partial charge >= 0.3 is 6.03 Å². The highest BCUT2D eigenvalue weighted by molar-refractivity contribution is 6.07. The van der Waals surface area contributed by atoms with Gasteiger partial charge in [0.05, 0.1) is 6.67 Å². The second kappa shape index (κ2) is 6.70. The Labute approximate surface area is 143 Å². The lowest BCUT2D eigenvalue weighted by atomic mass is 9.77. The van der Waals surface area contributed by atoms with Crippen LogP contribution in [-0.2, 0) is 9.59 Å². The molecule has 2 N–H and O–H groups in total. The van der Waals surface area contributed by atoms with Crippen molar-refractivity contribution in [3.05, 3.63) is 0 Å². The Kier molecular flexibility index (Phi) is 4.80. The second-order valence-corrected chi connectivity index (χ2v) is 7.69. The number of piperidine rings is 1. The SMILES string of the molecule is CC(=O)NC1CCCN(CN2C(=O)NC3(CCC(C)CC3)C2=O)C1. The molecule has 3 aliphatic rings. The minimum atomic E-state index is -0.670. The van der Waals surface area contributed by atoms with Crippen LogP contribution >= 0.6 is 0 Å². The summed E-state index contributed by atoms with van der Waals surface area (Å²) in [5.41, 5.74) is -0.670. The molecule has 2 heterocycles. The van der Waals surface area contributed by atoms with Gasteiger partial charge in [0.15, 0.2) is 0 Å². The lowest BCUT2D eigenvalue weighted by molar-refractivity contribution is -0.134. The van der Waals surface area contributed by atoms with Crippen LogP contribution in [0.1, 0.15) is 52.4 Å². The Morgan fingerprint density at radius 3 is 2.67 bits per heavy atom. The highest BCUT2D eigenvalue weighted by Crippen LogP contribution is 2.36. The lowest BCUT2D eigenvalue weighted by Gasteiger charge is -2.36. The molecule has 24 heavy (non-hydrogen) atoms. The van der Waals surface area contributed by atoms with Crippen molar-refractivity contribution in [1.29, 1.82) is 0 Å². The van der Waals surface area contributed by atoms with Crippen molar-refractivity contribution in [3.63, 3.8) is 0 Å². The van der Waals surface area contributed by atoms with Crippen molar-refractivity contribution < 1.29 is 14.4 Å². The maximum Gasteiger partial charge on any atom is 0.326 e. The molecule has 0 aromatic rings.